The van der Waals surface area contributed by atoms with Crippen molar-refractivity contribution in [1.82, 2.24) is 4.98 Å². The number of esters is 1. The Morgan fingerprint density at radius 3 is 2.15 bits per heavy atom. The number of hydrogen-bond acceptors (Lipinski definition) is 7. The SMILES string of the molecule is Cc1ccc2oc(C(=O)Nc3ccc(-c4ccc(N(C(C(=O)OC(C)(C)C)C(C)C)S(=O)[O-])cc4)cc3)nc2c1. The van der Waals surface area contributed by atoms with E-state index in [1.165, 1.54) is 0 Å². The Labute approximate surface area is 236 Å². The fourth-order valence-electron chi connectivity index (χ4n) is 4.21. The van der Waals surface area contributed by atoms with E-state index in [2.05, 4.69) is 10.3 Å². The number of oxazole rings is 1. The maximum Gasteiger partial charge on any atom is 0.330 e. The van der Waals surface area contributed by atoms with E-state index < -0.39 is 34.8 Å². The van der Waals surface area contributed by atoms with Crippen molar-refractivity contribution < 1.29 is 27.5 Å². The van der Waals surface area contributed by atoms with Crippen LogP contribution in [0.25, 0.3) is 22.2 Å². The summed E-state index contributed by atoms with van der Waals surface area (Å²) in [6.07, 6.45) is 0. The van der Waals surface area contributed by atoms with Crippen molar-refractivity contribution in [2.45, 2.75) is 53.2 Å². The Balaban J connectivity index is 1.49. The minimum absolute atomic E-state index is 0.0216. The van der Waals surface area contributed by atoms with E-state index in [0.717, 1.165) is 21.0 Å². The topological polar surface area (TPSA) is 125 Å². The summed E-state index contributed by atoms with van der Waals surface area (Å²) in [5.74, 6) is -1.41. The zero-order valence-electron chi connectivity index (χ0n) is 23.3. The number of aryl methyl sites for hydroxylation is 1. The quantitative estimate of drug-likeness (QED) is 0.206. The van der Waals surface area contributed by atoms with Gasteiger partial charge in [-0.25, -0.2) is 9.78 Å². The van der Waals surface area contributed by atoms with Crippen LogP contribution in [0.1, 0.15) is 50.9 Å². The Hall–Kier alpha value is -4.02. The van der Waals surface area contributed by atoms with Crippen molar-refractivity contribution in [1.29, 1.82) is 0 Å². The number of nitrogens with zero attached hydrogens (tertiary/aromatic N) is 2. The summed E-state index contributed by atoms with van der Waals surface area (Å²) < 4.78 is 36.6. The van der Waals surface area contributed by atoms with Crippen LogP contribution < -0.4 is 9.62 Å². The van der Waals surface area contributed by atoms with Gasteiger partial charge in [-0.05, 0) is 86.7 Å². The van der Waals surface area contributed by atoms with Gasteiger partial charge in [-0.3, -0.25) is 13.3 Å². The summed E-state index contributed by atoms with van der Waals surface area (Å²) >= 11 is -2.71. The summed E-state index contributed by atoms with van der Waals surface area (Å²) in [5, 5.41) is 2.78. The molecule has 1 aromatic heterocycles. The van der Waals surface area contributed by atoms with E-state index >= 15 is 0 Å². The summed E-state index contributed by atoms with van der Waals surface area (Å²) in [7, 11) is 0. The van der Waals surface area contributed by atoms with Gasteiger partial charge in [0.1, 0.15) is 17.2 Å². The van der Waals surface area contributed by atoms with Gasteiger partial charge in [-0.2, -0.15) is 0 Å². The number of hydrogen-bond donors (Lipinski definition) is 1. The number of benzene rings is 3. The normalized spacial score (nSPS) is 13.2. The van der Waals surface area contributed by atoms with E-state index in [1.54, 1.807) is 77.1 Å². The predicted octanol–water partition coefficient (Wildman–Crippen LogP) is 6.02. The molecule has 1 N–H and O–H groups in total. The molecule has 4 aromatic rings. The van der Waals surface area contributed by atoms with Crippen LogP contribution in [0.3, 0.4) is 0 Å². The van der Waals surface area contributed by atoms with Crippen molar-refractivity contribution in [2.75, 3.05) is 9.62 Å². The van der Waals surface area contributed by atoms with Crippen LogP contribution in [0, 0.1) is 12.8 Å². The summed E-state index contributed by atoms with van der Waals surface area (Å²) in [4.78, 5) is 29.8. The highest BCUT2D eigenvalue weighted by atomic mass is 32.2. The lowest BCUT2D eigenvalue weighted by atomic mass is 10.0. The van der Waals surface area contributed by atoms with E-state index in [-0.39, 0.29) is 11.8 Å². The molecule has 10 heteroatoms. The summed E-state index contributed by atoms with van der Waals surface area (Å²) in [5.41, 5.74) is 4.02. The standard InChI is InChI=1S/C30H33N3O6S/c1-18(2)26(29(35)39-30(4,5)6)33(40(36)37)23-14-10-21(11-15-23)20-8-12-22(13-9-20)31-27(34)28-32-24-17-19(3)7-16-25(24)38-28/h7-18,26H,1-6H3,(H,31,34)(H,36,37)/p-1. The van der Waals surface area contributed by atoms with Gasteiger partial charge in [0.2, 0.25) is 0 Å². The number of amides is 1. The van der Waals surface area contributed by atoms with Gasteiger partial charge in [-0.15, -0.1) is 0 Å². The number of fused-ring (bicyclic) bond motifs is 1. The molecule has 0 saturated carbocycles. The molecule has 40 heavy (non-hydrogen) atoms. The van der Waals surface area contributed by atoms with Crippen LogP contribution in [0.5, 0.6) is 0 Å². The Kier molecular flexibility index (Phi) is 8.41. The number of nitrogens with one attached hydrogen (secondary N) is 1. The van der Waals surface area contributed by atoms with Crippen molar-refractivity contribution in [3.05, 3.63) is 78.2 Å². The van der Waals surface area contributed by atoms with Gasteiger partial charge in [0.25, 0.3) is 5.89 Å². The molecule has 3 aromatic carbocycles. The third-order valence-corrected chi connectivity index (χ3v) is 6.79. The van der Waals surface area contributed by atoms with Crippen LogP contribution in [0.15, 0.2) is 71.1 Å². The Bertz CT molecular complexity index is 1540. The molecule has 210 valence electrons. The lowest BCUT2D eigenvalue weighted by molar-refractivity contribution is -0.157. The number of anilines is 2. The first kappa shape index (κ1) is 29.0. The molecule has 0 radical (unpaired) electrons. The van der Waals surface area contributed by atoms with Crippen LogP contribution in [0.4, 0.5) is 11.4 Å². The number of carbonyl (C=O) groups is 2. The Morgan fingerprint density at radius 2 is 1.60 bits per heavy atom. The zero-order chi connectivity index (χ0) is 29.2. The Morgan fingerprint density at radius 1 is 1.00 bits per heavy atom. The number of ether oxygens (including phenoxy) is 1. The molecular formula is C30H32N3O6S-. The van der Waals surface area contributed by atoms with Crippen molar-refractivity contribution in [3.8, 4) is 11.1 Å². The first-order chi connectivity index (χ1) is 18.8. The fourth-order valence-corrected chi connectivity index (χ4v) is 5.01. The molecule has 0 fully saturated rings. The fraction of sp³-hybridized carbons (Fsp3) is 0.300. The lowest BCUT2D eigenvalue weighted by Crippen LogP contribution is -2.48. The number of rotatable bonds is 8. The smallest absolute Gasteiger partial charge is 0.330 e. The molecule has 2 atom stereocenters. The summed E-state index contributed by atoms with van der Waals surface area (Å²) in [6.45, 7) is 10.7. The second kappa shape index (κ2) is 11.6. The molecule has 0 saturated heterocycles. The minimum Gasteiger partial charge on any atom is -0.755 e. The second-order valence-electron chi connectivity index (χ2n) is 10.8. The van der Waals surface area contributed by atoms with Gasteiger partial charge < -0.3 is 19.0 Å². The largest absolute Gasteiger partial charge is 0.755 e. The number of carbonyl (C=O) groups excluding carboxylic acids is 2. The van der Waals surface area contributed by atoms with E-state index in [4.69, 9.17) is 9.15 Å². The average Bonchev–Trinajstić information content (AvgIpc) is 3.30. The molecule has 0 aliphatic rings. The molecule has 0 aliphatic carbocycles. The minimum atomic E-state index is -2.71. The maximum atomic E-state index is 12.9. The van der Waals surface area contributed by atoms with Gasteiger partial charge in [0.05, 0.1) is 0 Å². The van der Waals surface area contributed by atoms with Crippen molar-refractivity contribution >= 4 is 45.6 Å². The third kappa shape index (κ3) is 6.75. The lowest BCUT2D eigenvalue weighted by Gasteiger charge is -2.36. The highest BCUT2D eigenvalue weighted by Crippen LogP contribution is 2.29. The second-order valence-corrected chi connectivity index (χ2v) is 11.7. The average molecular weight is 563 g/mol. The van der Waals surface area contributed by atoms with Crippen LogP contribution in [-0.2, 0) is 20.8 Å². The van der Waals surface area contributed by atoms with E-state index in [1.807, 2.05) is 31.2 Å². The van der Waals surface area contributed by atoms with Gasteiger partial charge >= 0.3 is 11.9 Å². The van der Waals surface area contributed by atoms with E-state index in [0.29, 0.717) is 22.5 Å². The van der Waals surface area contributed by atoms with Crippen molar-refractivity contribution in [2.24, 2.45) is 5.92 Å². The van der Waals surface area contributed by atoms with Crippen LogP contribution in [-0.4, -0.2) is 37.3 Å². The molecule has 2 unspecified atom stereocenters. The van der Waals surface area contributed by atoms with Crippen LogP contribution in [0.2, 0.25) is 0 Å². The molecule has 0 bridgehead atoms. The molecule has 0 aliphatic heterocycles. The van der Waals surface area contributed by atoms with Crippen molar-refractivity contribution in [3.63, 3.8) is 0 Å². The zero-order valence-corrected chi connectivity index (χ0v) is 24.1. The van der Waals surface area contributed by atoms with Gasteiger partial charge in [0.15, 0.2) is 5.58 Å². The highest BCUT2D eigenvalue weighted by Gasteiger charge is 2.34. The van der Waals surface area contributed by atoms with Gasteiger partial charge in [-0.1, -0.05) is 44.2 Å². The molecule has 1 heterocycles. The monoisotopic (exact) mass is 562 g/mol. The molecule has 4 rings (SSSR count). The van der Waals surface area contributed by atoms with Crippen LogP contribution >= 0.6 is 0 Å². The molecule has 0 spiro atoms. The maximum absolute atomic E-state index is 12.9. The predicted molar refractivity (Wildman–Crippen MR) is 154 cm³/mol. The molecular weight excluding hydrogens is 530 g/mol. The first-order valence-corrected chi connectivity index (χ1v) is 13.9. The van der Waals surface area contributed by atoms with Gasteiger partial charge in [0, 0.05) is 22.6 Å². The number of aromatic nitrogens is 1. The molecule has 9 nitrogen and oxygen atoms in total. The third-order valence-electron chi connectivity index (χ3n) is 6.03. The van der Waals surface area contributed by atoms with E-state index in [9.17, 15) is 18.4 Å². The molecule has 1 amide bonds. The highest BCUT2D eigenvalue weighted by molar-refractivity contribution is 7.80. The first-order valence-electron chi connectivity index (χ1n) is 12.8. The summed E-state index contributed by atoms with van der Waals surface area (Å²) in [6, 6.07) is 18.5.